The highest BCUT2D eigenvalue weighted by Gasteiger charge is 2.48. The van der Waals surface area contributed by atoms with Crippen LogP contribution in [0.15, 0.2) is 21.9 Å². The number of aromatic nitrogens is 2. The molecule has 206 valence electrons. The zero-order valence-corrected chi connectivity index (χ0v) is 20.5. The fourth-order valence-corrected chi connectivity index (χ4v) is 6.52. The van der Waals surface area contributed by atoms with Gasteiger partial charge in [-0.25, -0.2) is 13.7 Å². The van der Waals surface area contributed by atoms with Gasteiger partial charge in [-0.3, -0.25) is 23.4 Å². The van der Waals surface area contributed by atoms with E-state index >= 15 is 0 Å². The molecule has 3 rings (SSSR count). The van der Waals surface area contributed by atoms with E-state index in [9.17, 15) is 49.5 Å². The van der Waals surface area contributed by atoms with Gasteiger partial charge in [0.15, 0.2) is 12.5 Å². The third kappa shape index (κ3) is 6.72. The number of hydrogen-bond acceptors (Lipinski definition) is 15. The second-order valence-corrected chi connectivity index (χ2v) is 12.1. The van der Waals surface area contributed by atoms with Crippen LogP contribution >= 0.6 is 14.5 Å². The maximum Gasteiger partial charge on any atom is 0.479 e. The van der Waals surface area contributed by atoms with Crippen molar-refractivity contribution in [3.63, 3.8) is 0 Å². The summed E-state index contributed by atoms with van der Waals surface area (Å²) in [7, 11) is -5.27. The predicted octanol–water partition coefficient (Wildman–Crippen LogP) is -4.68. The normalized spacial score (nSPS) is 38.4. The van der Waals surface area contributed by atoms with Gasteiger partial charge in [-0.15, -0.1) is 0 Å². The second kappa shape index (κ2) is 11.4. The van der Waals surface area contributed by atoms with Gasteiger partial charge in [-0.2, -0.15) is 0 Å². The maximum absolute atomic E-state index is 12.3. The molecule has 0 saturated carbocycles. The molecule has 9 N–H and O–H groups in total. The summed E-state index contributed by atoms with van der Waals surface area (Å²) in [5, 5.41) is 58.9. The summed E-state index contributed by atoms with van der Waals surface area (Å²) in [6.45, 7) is -6.52. The minimum atomic E-state index is -5.27. The highest BCUT2D eigenvalue weighted by Crippen LogP contribution is 2.61. The topological polar surface area (TPSA) is 280 Å². The Balaban J connectivity index is 1.61. The van der Waals surface area contributed by atoms with Crippen molar-refractivity contribution >= 4 is 26.3 Å². The summed E-state index contributed by atoms with van der Waals surface area (Å²) in [4.78, 5) is 45.1. The Hall–Kier alpha value is -0.960. The Morgan fingerprint density at radius 1 is 1.00 bits per heavy atom. The lowest BCUT2D eigenvalue weighted by molar-refractivity contribution is -0.279. The van der Waals surface area contributed by atoms with Crippen molar-refractivity contribution in [3.8, 4) is 0 Å². The Morgan fingerprint density at radius 2 is 1.64 bits per heavy atom. The van der Waals surface area contributed by atoms with Crippen molar-refractivity contribution in [1.29, 1.82) is 0 Å². The molecule has 0 radical (unpaired) electrons. The van der Waals surface area contributed by atoms with Crippen LogP contribution in [-0.4, -0.2) is 112 Å². The summed E-state index contributed by atoms with van der Waals surface area (Å²) in [6.07, 6.45) is -14.6. The molecule has 2 fully saturated rings. The molecule has 18 nitrogen and oxygen atoms in total. The second-order valence-electron chi connectivity index (χ2n) is 7.68. The third-order valence-corrected chi connectivity index (χ3v) is 8.62. The van der Waals surface area contributed by atoms with Crippen LogP contribution in [0.4, 0.5) is 0 Å². The SMILES string of the molecule is O=c1ccn([C@@H]2O[C@H](COP(=O)(O)OP(O)(=S)O[C@H]3O[C@H](CO)[C@@H](O)[C@H](O)[C@H]3O)[C@@H](O)[C@H]2O)c(=O)[nH]1. The van der Waals surface area contributed by atoms with Crippen molar-refractivity contribution < 1.29 is 67.8 Å². The number of hydrogen-bond donors (Lipinski definition) is 9. The Bertz CT molecular complexity index is 1130. The lowest BCUT2D eigenvalue weighted by Gasteiger charge is -2.40. The molecule has 0 aromatic carbocycles. The lowest BCUT2D eigenvalue weighted by Crippen LogP contribution is -2.58. The molecular formula is C15H24N2O16P2S. The fourth-order valence-electron chi connectivity index (χ4n) is 3.35. The minimum absolute atomic E-state index is 0.729. The van der Waals surface area contributed by atoms with Gasteiger partial charge in [0.1, 0.15) is 42.7 Å². The van der Waals surface area contributed by atoms with Crippen LogP contribution < -0.4 is 11.2 Å². The first-order valence-corrected chi connectivity index (χ1v) is 14.1. The van der Waals surface area contributed by atoms with Gasteiger partial charge >= 0.3 is 20.2 Å². The Kier molecular flexibility index (Phi) is 9.39. The van der Waals surface area contributed by atoms with E-state index in [-0.39, 0.29) is 0 Å². The lowest BCUT2D eigenvalue weighted by atomic mass is 10.00. The van der Waals surface area contributed by atoms with E-state index in [0.717, 1.165) is 16.8 Å². The molecule has 2 aliphatic rings. The number of aliphatic hydroxyl groups is 6. The zero-order chi connectivity index (χ0) is 27.0. The fraction of sp³-hybridized carbons (Fsp3) is 0.733. The summed E-state index contributed by atoms with van der Waals surface area (Å²) in [6, 6.07) is 0.951. The number of nitrogens with one attached hydrogen (secondary N) is 1. The van der Waals surface area contributed by atoms with Crippen LogP contribution in [0, 0.1) is 0 Å². The number of phosphoric acid groups is 1. The van der Waals surface area contributed by atoms with Crippen LogP contribution in [0.3, 0.4) is 0 Å². The number of nitrogens with zero attached hydrogens (tertiary/aromatic N) is 1. The average molecular weight is 582 g/mol. The molecule has 21 heteroatoms. The van der Waals surface area contributed by atoms with Gasteiger partial charge in [0.25, 0.3) is 5.56 Å². The highest BCUT2D eigenvalue weighted by atomic mass is 32.5. The van der Waals surface area contributed by atoms with Gasteiger partial charge in [0.2, 0.25) is 0 Å². The Labute approximate surface area is 205 Å². The van der Waals surface area contributed by atoms with Gasteiger partial charge in [0.05, 0.1) is 13.2 Å². The molecular weight excluding hydrogens is 558 g/mol. The van der Waals surface area contributed by atoms with E-state index in [1.54, 1.807) is 0 Å². The number of H-pyrrole nitrogens is 1. The first-order chi connectivity index (χ1) is 16.7. The molecule has 0 amide bonds. The summed E-state index contributed by atoms with van der Waals surface area (Å²) < 4.78 is 37.1. The molecule has 1 aromatic rings. The highest BCUT2D eigenvalue weighted by molar-refractivity contribution is 8.08. The number of aliphatic hydroxyl groups excluding tert-OH is 6. The molecule has 3 heterocycles. The molecule has 11 atom stereocenters. The van der Waals surface area contributed by atoms with E-state index in [0.29, 0.717) is 0 Å². The van der Waals surface area contributed by atoms with E-state index in [1.165, 1.54) is 0 Å². The maximum atomic E-state index is 12.3. The largest absolute Gasteiger partial charge is 0.479 e. The molecule has 2 saturated heterocycles. The predicted molar refractivity (Wildman–Crippen MR) is 115 cm³/mol. The summed E-state index contributed by atoms with van der Waals surface area (Å²) >= 11 is 4.59. The van der Waals surface area contributed by atoms with Crippen molar-refractivity contribution in [2.75, 3.05) is 13.2 Å². The number of aromatic amines is 1. The molecule has 0 bridgehead atoms. The van der Waals surface area contributed by atoms with E-state index in [1.807, 2.05) is 4.98 Å². The Morgan fingerprint density at radius 3 is 2.25 bits per heavy atom. The standard InChI is InChI=1S/C15H24N2O16P2S/c18-3-5-8(20)10(22)12(24)14(31-5)32-35(28,36)33-34(26,27)29-4-6-9(21)11(23)13(30-6)17-2-1-7(19)16-15(17)25/h1-2,5-6,8-14,18,20-24H,3-4H2,(H,26,27)(H,28,36)(H,16,19,25)/t5-,6-,8-,9-,10+,11-,12-,13-,14-,35?/m1/s1. The van der Waals surface area contributed by atoms with Crippen molar-refractivity contribution in [3.05, 3.63) is 33.1 Å². The number of phosphoric ester groups is 1. The van der Waals surface area contributed by atoms with Crippen molar-refractivity contribution in [2.45, 2.75) is 55.2 Å². The van der Waals surface area contributed by atoms with E-state index < -0.39 is 94.2 Å². The van der Waals surface area contributed by atoms with Crippen LogP contribution in [0.25, 0.3) is 0 Å². The molecule has 0 spiro atoms. The molecule has 0 aliphatic carbocycles. The molecule has 2 unspecified atom stereocenters. The van der Waals surface area contributed by atoms with Gasteiger partial charge < -0.3 is 49.9 Å². The van der Waals surface area contributed by atoms with E-state index in [4.69, 9.17) is 19.1 Å². The molecule has 36 heavy (non-hydrogen) atoms. The van der Waals surface area contributed by atoms with Gasteiger partial charge in [0, 0.05) is 12.3 Å². The zero-order valence-electron chi connectivity index (χ0n) is 17.9. The smallest absolute Gasteiger partial charge is 0.394 e. The quantitative estimate of drug-likeness (QED) is 0.124. The first kappa shape index (κ1) is 29.6. The van der Waals surface area contributed by atoms with Crippen molar-refractivity contribution in [1.82, 2.24) is 9.55 Å². The molecule has 1 aromatic heterocycles. The number of ether oxygens (including phenoxy) is 2. The van der Waals surface area contributed by atoms with Gasteiger partial charge in [-0.1, -0.05) is 0 Å². The summed E-state index contributed by atoms with van der Waals surface area (Å²) in [5.41, 5.74) is -1.70. The monoisotopic (exact) mass is 582 g/mol. The van der Waals surface area contributed by atoms with Crippen molar-refractivity contribution in [2.24, 2.45) is 0 Å². The van der Waals surface area contributed by atoms with Crippen LogP contribution in [0.1, 0.15) is 6.23 Å². The first-order valence-electron chi connectivity index (χ1n) is 9.99. The molecule has 2 aliphatic heterocycles. The van der Waals surface area contributed by atoms with Gasteiger partial charge in [-0.05, 0) is 11.8 Å². The minimum Gasteiger partial charge on any atom is -0.394 e. The average Bonchev–Trinajstić information content (AvgIpc) is 3.06. The number of rotatable bonds is 9. The summed E-state index contributed by atoms with van der Waals surface area (Å²) in [5.74, 6) is 0. The van der Waals surface area contributed by atoms with Crippen LogP contribution in [-0.2, 0) is 39.2 Å². The van der Waals surface area contributed by atoms with Crippen LogP contribution in [0.5, 0.6) is 0 Å². The van der Waals surface area contributed by atoms with Crippen LogP contribution in [0.2, 0.25) is 0 Å². The van der Waals surface area contributed by atoms with E-state index in [2.05, 4.69) is 20.6 Å². The third-order valence-electron chi connectivity index (χ3n) is 5.16.